The number of likely N-dealkylation sites (N-methyl/N-ethyl adjacent to an activating group) is 1. The zero-order valence-corrected chi connectivity index (χ0v) is 56.8. The molecule has 15 nitrogen and oxygen atoms in total. The topological polar surface area (TPSA) is 197 Å². The third-order valence-electron chi connectivity index (χ3n) is 19.7. The number of aryl methyl sites for hydroxylation is 3. The second-order valence-corrected chi connectivity index (χ2v) is 31.2. The number of esters is 1. The Bertz CT molecular complexity index is 2510. The summed E-state index contributed by atoms with van der Waals surface area (Å²) in [5.41, 5.74) is -0.915. The molecule has 3 saturated heterocycles. The predicted octanol–water partition coefficient (Wildman–Crippen LogP) is 10.0. The maximum atomic E-state index is 14.7. The number of benzene rings is 3. The standard InChI is InChI=1S/C71H114N2O13P/c1-17-59-71(13,80)64(76)53(9)73(60(74)37-26-24-22-20-18-19-21-23-25-27-38-87(55-34-28-31-46(2)39-55,56-35-29-32-47(3)40-56)57-36-30-33-48(4)41-57)45-49(5)43-69(11,79)66(86-68-62(75)58(72(14)15)42-50(6)82-68)51(7)63(52(8)67(78)84-59)85-61-44-70(12,81-16)65(77)54(10)83-61/h28-36,39-41,49-54,58-59,61-66,68,75-77,79-80H,17-27,37-38,42-45H2,1-16H3/q+1/t49-,50-,51+,52-,53-,54+,58+,59-,61+,62-,63+,64-,65+,66-,68+,69-,70-,71-/m1/s1. The molecule has 16 heteroatoms. The zero-order valence-electron chi connectivity index (χ0n) is 56.0. The second-order valence-electron chi connectivity index (χ2n) is 27.6. The lowest BCUT2D eigenvalue weighted by Gasteiger charge is -2.48. The van der Waals surface area contributed by atoms with E-state index in [2.05, 4.69) is 93.6 Å². The summed E-state index contributed by atoms with van der Waals surface area (Å²) < 4.78 is 38.3. The maximum absolute atomic E-state index is 14.7. The van der Waals surface area contributed by atoms with Crippen LogP contribution in [0.25, 0.3) is 0 Å². The van der Waals surface area contributed by atoms with Crippen LogP contribution in [0.3, 0.4) is 0 Å². The molecule has 3 heterocycles. The van der Waals surface area contributed by atoms with Crippen LogP contribution in [-0.4, -0.2) is 171 Å². The van der Waals surface area contributed by atoms with Gasteiger partial charge >= 0.3 is 5.97 Å². The third-order valence-corrected chi connectivity index (χ3v) is 24.2. The van der Waals surface area contributed by atoms with E-state index < -0.39 is 109 Å². The smallest absolute Gasteiger partial charge is 0.311 e. The quantitative estimate of drug-likeness (QED) is 0.0342. The Morgan fingerprint density at radius 1 is 0.724 bits per heavy atom. The Labute approximate surface area is 523 Å². The minimum absolute atomic E-state index is 0.0743. The van der Waals surface area contributed by atoms with Gasteiger partial charge in [-0.15, -0.1) is 0 Å². The Hall–Kier alpha value is -3.41. The second kappa shape index (κ2) is 32.2. The summed E-state index contributed by atoms with van der Waals surface area (Å²) >= 11 is 0. The average molecular weight is 1230 g/mol. The molecule has 0 aromatic heterocycles. The number of nitrogens with zero attached hydrogens (tertiary/aromatic N) is 2. The van der Waals surface area contributed by atoms with Gasteiger partial charge in [0, 0.05) is 38.5 Å². The lowest BCUT2D eigenvalue weighted by Crippen LogP contribution is -2.60. The fourth-order valence-corrected chi connectivity index (χ4v) is 19.1. The van der Waals surface area contributed by atoms with Gasteiger partial charge < -0.3 is 63.8 Å². The lowest BCUT2D eigenvalue weighted by molar-refractivity contribution is -0.318. The van der Waals surface area contributed by atoms with Gasteiger partial charge in [0.25, 0.3) is 0 Å². The number of aliphatic hydroxyl groups excluding tert-OH is 3. The first-order valence-corrected chi connectivity index (χ1v) is 34.9. The largest absolute Gasteiger partial charge is 0.459 e. The number of amides is 1. The van der Waals surface area contributed by atoms with Crippen LogP contribution in [0.1, 0.15) is 182 Å². The first-order valence-electron chi connectivity index (χ1n) is 32.9. The van der Waals surface area contributed by atoms with Crippen molar-refractivity contribution in [3.63, 3.8) is 0 Å². The summed E-state index contributed by atoms with van der Waals surface area (Å²) in [6.45, 7) is 24.1. The van der Waals surface area contributed by atoms with Gasteiger partial charge in [0.1, 0.15) is 53.2 Å². The van der Waals surface area contributed by atoms with Crippen LogP contribution in [0.2, 0.25) is 0 Å². The number of carbonyl (C=O) groups is 2. The monoisotopic (exact) mass is 1230 g/mol. The van der Waals surface area contributed by atoms with Crippen molar-refractivity contribution >= 4 is 35.1 Å². The molecule has 3 fully saturated rings. The van der Waals surface area contributed by atoms with Crippen molar-refractivity contribution < 1.29 is 63.5 Å². The molecule has 18 atom stereocenters. The SMILES string of the molecule is CC[C@H]1OC(=O)[C@H](C)[C@@H](O[C@H]2C[C@@](C)(OC)[C@@H](O)[C@H](C)O2)[C@H](C)[C@@H](O[C@@H]2O[C@H](C)C[C@H](N(C)C)[C@H]2O)[C@](C)(O)C[C@@H](C)CN(C(=O)CCCCCCCCCCCC[P+](c2cccc(C)c2)(c2cccc(C)c2)c2cccc(C)c2)[C@H](C)[C@@H](O)[C@]1(C)O. The molecule has 5 N–H and O–H groups in total. The van der Waals surface area contributed by atoms with Gasteiger partial charge in [0.15, 0.2) is 12.6 Å². The first-order chi connectivity index (χ1) is 41.0. The number of hydrogen-bond donors (Lipinski definition) is 5. The zero-order chi connectivity index (χ0) is 64.2. The molecule has 0 saturated carbocycles. The van der Waals surface area contributed by atoms with Crippen molar-refractivity contribution in [1.29, 1.82) is 0 Å². The fourth-order valence-electron chi connectivity index (χ4n) is 14.5. The van der Waals surface area contributed by atoms with Crippen molar-refractivity contribution in [3.8, 4) is 0 Å². The summed E-state index contributed by atoms with van der Waals surface area (Å²) in [6.07, 6.45) is 2.49. The summed E-state index contributed by atoms with van der Waals surface area (Å²) in [4.78, 5) is 32.9. The highest BCUT2D eigenvalue weighted by molar-refractivity contribution is 7.95. The van der Waals surface area contributed by atoms with Gasteiger partial charge in [0.05, 0.1) is 53.7 Å². The van der Waals surface area contributed by atoms with E-state index in [1.165, 1.54) is 72.3 Å². The first kappa shape index (κ1) is 72.7. The van der Waals surface area contributed by atoms with Gasteiger partial charge in [-0.3, -0.25) is 9.59 Å². The Balaban J connectivity index is 1.13. The van der Waals surface area contributed by atoms with Crippen LogP contribution in [0, 0.1) is 38.5 Å². The number of unbranched alkanes of at least 4 members (excludes halogenated alkanes) is 9. The van der Waals surface area contributed by atoms with E-state index in [1.54, 1.807) is 46.4 Å². The van der Waals surface area contributed by atoms with Crippen LogP contribution in [0.5, 0.6) is 0 Å². The molecule has 3 aromatic carbocycles. The van der Waals surface area contributed by atoms with E-state index in [9.17, 15) is 35.1 Å². The molecule has 3 aromatic rings. The van der Waals surface area contributed by atoms with Crippen molar-refractivity contribution in [3.05, 3.63) is 89.5 Å². The highest BCUT2D eigenvalue weighted by Crippen LogP contribution is 2.56. The number of aliphatic hydroxyl groups is 5. The van der Waals surface area contributed by atoms with Crippen LogP contribution in [0.15, 0.2) is 72.8 Å². The highest BCUT2D eigenvalue weighted by Gasteiger charge is 2.53. The number of hydrogen-bond acceptors (Lipinski definition) is 14. The van der Waals surface area contributed by atoms with Crippen LogP contribution in [-0.2, 0) is 38.0 Å². The van der Waals surface area contributed by atoms with Crippen molar-refractivity contribution in [2.45, 2.75) is 277 Å². The Morgan fingerprint density at radius 3 is 1.74 bits per heavy atom. The van der Waals surface area contributed by atoms with Gasteiger partial charge in [-0.05, 0) is 181 Å². The molecule has 87 heavy (non-hydrogen) atoms. The number of carbonyl (C=O) groups excluding carboxylic acids is 2. The van der Waals surface area contributed by atoms with E-state index in [-0.39, 0.29) is 50.3 Å². The number of ether oxygens (including phenoxy) is 6. The predicted molar refractivity (Wildman–Crippen MR) is 348 cm³/mol. The molecule has 0 spiro atoms. The van der Waals surface area contributed by atoms with Crippen molar-refractivity contribution in [2.75, 3.05) is 33.9 Å². The number of cyclic esters (lactones) is 1. The summed E-state index contributed by atoms with van der Waals surface area (Å²) in [7, 11) is 3.36. The van der Waals surface area contributed by atoms with E-state index in [0.29, 0.717) is 12.8 Å². The van der Waals surface area contributed by atoms with Gasteiger partial charge in [-0.25, -0.2) is 0 Å². The molecule has 1 amide bonds. The third kappa shape index (κ3) is 18.2. The van der Waals surface area contributed by atoms with Crippen LogP contribution < -0.4 is 15.9 Å². The van der Waals surface area contributed by atoms with E-state index in [4.69, 9.17) is 28.4 Å². The molecule has 0 unspecified atom stereocenters. The fraction of sp³-hybridized carbons (Fsp3) is 0.718. The van der Waals surface area contributed by atoms with E-state index in [0.717, 1.165) is 38.3 Å². The molecule has 0 bridgehead atoms. The summed E-state index contributed by atoms with van der Waals surface area (Å²) in [6, 6.07) is 26.4. The number of rotatable bonds is 23. The molecule has 490 valence electrons. The molecular weight excluding hydrogens is 1120 g/mol. The lowest BCUT2D eigenvalue weighted by atomic mass is 9.77. The Morgan fingerprint density at radius 2 is 1.24 bits per heavy atom. The van der Waals surface area contributed by atoms with Crippen molar-refractivity contribution in [1.82, 2.24) is 9.80 Å². The molecular formula is C71H114N2O13P+. The minimum atomic E-state index is -2.01. The normalized spacial score (nSPS) is 34.3. The summed E-state index contributed by atoms with van der Waals surface area (Å²) in [5, 5.41) is 65.0. The van der Waals surface area contributed by atoms with Gasteiger partial charge in [-0.1, -0.05) is 102 Å². The average Bonchev–Trinajstić information content (AvgIpc) is 1.16. The van der Waals surface area contributed by atoms with Crippen LogP contribution in [0.4, 0.5) is 0 Å². The molecule has 3 aliphatic heterocycles. The van der Waals surface area contributed by atoms with E-state index >= 15 is 0 Å². The number of methoxy groups -OCH3 is 1. The van der Waals surface area contributed by atoms with Crippen LogP contribution >= 0.6 is 7.26 Å². The van der Waals surface area contributed by atoms with Gasteiger partial charge in [-0.2, -0.15) is 0 Å². The molecule has 0 radical (unpaired) electrons. The Kier molecular flexibility index (Phi) is 26.9. The molecule has 0 aliphatic carbocycles. The maximum Gasteiger partial charge on any atom is 0.311 e. The molecule has 3 aliphatic rings. The van der Waals surface area contributed by atoms with Gasteiger partial charge in [0.2, 0.25) is 5.91 Å². The molecule has 6 rings (SSSR count). The van der Waals surface area contributed by atoms with Crippen molar-refractivity contribution in [2.24, 2.45) is 17.8 Å². The van der Waals surface area contributed by atoms with E-state index in [1.807, 2.05) is 39.8 Å². The highest BCUT2D eigenvalue weighted by atomic mass is 31.2. The minimum Gasteiger partial charge on any atom is -0.459 e. The summed E-state index contributed by atoms with van der Waals surface area (Å²) in [5.74, 6) is -3.26.